The van der Waals surface area contributed by atoms with Crippen LogP contribution in [0.25, 0.3) is 0 Å². The Balaban J connectivity index is 1.96. The molecule has 3 unspecified atom stereocenters. The SMILES string of the molecule is CC(CN1CCOCC1CO)C(O)c1ccc(F)cn1. The van der Waals surface area contributed by atoms with Gasteiger partial charge < -0.3 is 14.9 Å². The minimum absolute atomic E-state index is 0.0282. The van der Waals surface area contributed by atoms with E-state index in [0.29, 0.717) is 25.5 Å². The summed E-state index contributed by atoms with van der Waals surface area (Å²) in [5.74, 6) is -0.484. The summed E-state index contributed by atoms with van der Waals surface area (Å²) >= 11 is 0. The maximum atomic E-state index is 12.8. The van der Waals surface area contributed by atoms with Crippen molar-refractivity contribution in [2.45, 2.75) is 19.1 Å². The number of morpholine rings is 1. The van der Waals surface area contributed by atoms with Crippen molar-refractivity contribution in [1.29, 1.82) is 0 Å². The molecule has 5 nitrogen and oxygen atoms in total. The highest BCUT2D eigenvalue weighted by Crippen LogP contribution is 2.22. The Bertz CT molecular complexity index is 415. The summed E-state index contributed by atoms with van der Waals surface area (Å²) in [5.41, 5.74) is 0.465. The number of ether oxygens (including phenoxy) is 1. The van der Waals surface area contributed by atoms with Crippen LogP contribution in [0.4, 0.5) is 4.39 Å². The van der Waals surface area contributed by atoms with Gasteiger partial charge in [-0.05, 0) is 12.1 Å². The van der Waals surface area contributed by atoms with Crippen molar-refractivity contribution in [2.75, 3.05) is 32.9 Å². The number of nitrogens with zero attached hydrogens (tertiary/aromatic N) is 2. The van der Waals surface area contributed by atoms with E-state index in [0.717, 1.165) is 12.7 Å². The number of aromatic nitrogens is 1. The lowest BCUT2D eigenvalue weighted by Gasteiger charge is -2.36. The van der Waals surface area contributed by atoms with Gasteiger partial charge in [0, 0.05) is 19.0 Å². The maximum Gasteiger partial charge on any atom is 0.141 e. The molecule has 0 bridgehead atoms. The van der Waals surface area contributed by atoms with Crippen molar-refractivity contribution in [3.63, 3.8) is 0 Å². The van der Waals surface area contributed by atoms with Crippen LogP contribution in [0.3, 0.4) is 0 Å². The van der Waals surface area contributed by atoms with E-state index in [-0.39, 0.29) is 18.6 Å². The van der Waals surface area contributed by atoms with Gasteiger partial charge in [0.25, 0.3) is 0 Å². The predicted molar refractivity (Wildman–Crippen MR) is 71.6 cm³/mol. The molecule has 6 heteroatoms. The van der Waals surface area contributed by atoms with Crippen molar-refractivity contribution in [3.05, 3.63) is 29.8 Å². The van der Waals surface area contributed by atoms with Gasteiger partial charge in [0.05, 0.1) is 43.9 Å². The highest BCUT2D eigenvalue weighted by molar-refractivity contribution is 5.09. The topological polar surface area (TPSA) is 65.8 Å². The second-order valence-electron chi connectivity index (χ2n) is 5.23. The Morgan fingerprint density at radius 1 is 1.55 bits per heavy atom. The Kier molecular flexibility index (Phi) is 5.42. The quantitative estimate of drug-likeness (QED) is 0.828. The fourth-order valence-corrected chi connectivity index (χ4v) is 2.42. The molecule has 1 aliphatic rings. The van der Waals surface area contributed by atoms with E-state index in [9.17, 15) is 14.6 Å². The van der Waals surface area contributed by atoms with Gasteiger partial charge in [-0.25, -0.2) is 4.39 Å². The first kappa shape index (κ1) is 15.3. The molecule has 0 aliphatic carbocycles. The minimum Gasteiger partial charge on any atom is -0.395 e. The number of aliphatic hydroxyl groups is 2. The number of hydrogen-bond acceptors (Lipinski definition) is 5. The van der Waals surface area contributed by atoms with Gasteiger partial charge in [-0.3, -0.25) is 9.88 Å². The molecule has 1 aromatic heterocycles. The highest BCUT2D eigenvalue weighted by atomic mass is 19.1. The molecule has 1 aliphatic heterocycles. The molecule has 112 valence electrons. The van der Waals surface area contributed by atoms with Crippen molar-refractivity contribution in [2.24, 2.45) is 5.92 Å². The van der Waals surface area contributed by atoms with E-state index in [1.165, 1.54) is 12.1 Å². The molecule has 1 saturated heterocycles. The van der Waals surface area contributed by atoms with Crippen LogP contribution in [-0.4, -0.2) is 59.0 Å². The highest BCUT2D eigenvalue weighted by Gasteiger charge is 2.27. The summed E-state index contributed by atoms with van der Waals surface area (Å²) in [6.07, 6.45) is 0.356. The van der Waals surface area contributed by atoms with E-state index in [2.05, 4.69) is 9.88 Å². The molecule has 3 atom stereocenters. The van der Waals surface area contributed by atoms with Crippen LogP contribution in [0.15, 0.2) is 18.3 Å². The molecule has 0 saturated carbocycles. The summed E-state index contributed by atoms with van der Waals surface area (Å²) in [6, 6.07) is 2.77. The number of rotatable bonds is 5. The average Bonchev–Trinajstić information content (AvgIpc) is 2.48. The van der Waals surface area contributed by atoms with Gasteiger partial charge in [0.1, 0.15) is 5.82 Å². The van der Waals surface area contributed by atoms with Crippen LogP contribution in [0.2, 0.25) is 0 Å². The van der Waals surface area contributed by atoms with Gasteiger partial charge in [-0.1, -0.05) is 6.92 Å². The molecule has 20 heavy (non-hydrogen) atoms. The zero-order valence-electron chi connectivity index (χ0n) is 11.6. The average molecular weight is 284 g/mol. The lowest BCUT2D eigenvalue weighted by molar-refractivity contribution is -0.0420. The standard InChI is InChI=1S/C14H21FN2O3/c1-10(7-17-4-5-20-9-12(17)8-18)14(19)13-3-2-11(15)6-16-13/h2-3,6,10,12,14,18-19H,4-5,7-9H2,1H3. The normalized spacial score (nSPS) is 23.5. The largest absolute Gasteiger partial charge is 0.395 e. The third-order valence-electron chi connectivity index (χ3n) is 3.68. The van der Waals surface area contributed by atoms with Crippen LogP contribution in [0.1, 0.15) is 18.7 Å². The van der Waals surface area contributed by atoms with Gasteiger partial charge >= 0.3 is 0 Å². The molecule has 2 N–H and O–H groups in total. The summed E-state index contributed by atoms with van der Waals surface area (Å²) in [6.45, 7) is 4.47. The second-order valence-corrected chi connectivity index (χ2v) is 5.23. The molecule has 1 aromatic rings. The Morgan fingerprint density at radius 2 is 2.35 bits per heavy atom. The summed E-state index contributed by atoms with van der Waals surface area (Å²) in [4.78, 5) is 6.03. The summed E-state index contributed by atoms with van der Waals surface area (Å²) in [5, 5.41) is 19.6. The summed E-state index contributed by atoms with van der Waals surface area (Å²) < 4.78 is 18.2. The first-order valence-electron chi connectivity index (χ1n) is 6.84. The first-order chi connectivity index (χ1) is 9.61. The third kappa shape index (κ3) is 3.73. The van der Waals surface area contributed by atoms with E-state index in [1.807, 2.05) is 6.92 Å². The number of pyridine rings is 1. The lowest BCUT2D eigenvalue weighted by Crippen LogP contribution is -2.49. The van der Waals surface area contributed by atoms with Crippen LogP contribution < -0.4 is 0 Å². The van der Waals surface area contributed by atoms with Crippen LogP contribution in [0, 0.1) is 11.7 Å². The first-order valence-corrected chi connectivity index (χ1v) is 6.84. The zero-order valence-corrected chi connectivity index (χ0v) is 11.6. The molecule has 1 fully saturated rings. The fourth-order valence-electron chi connectivity index (χ4n) is 2.42. The van der Waals surface area contributed by atoms with Gasteiger partial charge in [-0.15, -0.1) is 0 Å². The second kappa shape index (κ2) is 7.08. The molecular weight excluding hydrogens is 263 g/mol. The Morgan fingerprint density at radius 3 is 3.00 bits per heavy atom. The zero-order chi connectivity index (χ0) is 14.5. The monoisotopic (exact) mass is 284 g/mol. The molecular formula is C14H21FN2O3. The third-order valence-corrected chi connectivity index (χ3v) is 3.68. The number of aliphatic hydroxyl groups excluding tert-OH is 2. The van der Waals surface area contributed by atoms with Crippen LogP contribution in [-0.2, 0) is 4.74 Å². The minimum atomic E-state index is -0.752. The van der Waals surface area contributed by atoms with Crippen LogP contribution >= 0.6 is 0 Å². The Labute approximate surface area is 118 Å². The predicted octanol–water partition coefficient (Wildman–Crippen LogP) is 0.583. The molecule has 2 rings (SSSR count). The van der Waals surface area contributed by atoms with Crippen molar-refractivity contribution < 1.29 is 19.3 Å². The van der Waals surface area contributed by atoms with Crippen molar-refractivity contribution >= 4 is 0 Å². The van der Waals surface area contributed by atoms with Crippen molar-refractivity contribution in [1.82, 2.24) is 9.88 Å². The molecule has 0 radical (unpaired) electrons. The Hall–Kier alpha value is -1.08. The number of halogens is 1. The lowest BCUT2D eigenvalue weighted by atomic mass is 9.99. The van der Waals surface area contributed by atoms with Crippen molar-refractivity contribution in [3.8, 4) is 0 Å². The fraction of sp³-hybridized carbons (Fsp3) is 0.643. The van der Waals surface area contributed by atoms with E-state index >= 15 is 0 Å². The van der Waals surface area contributed by atoms with E-state index in [4.69, 9.17) is 4.74 Å². The van der Waals surface area contributed by atoms with Crippen LogP contribution in [0.5, 0.6) is 0 Å². The van der Waals surface area contributed by atoms with Gasteiger partial charge in [0.15, 0.2) is 0 Å². The maximum absolute atomic E-state index is 12.8. The molecule has 0 spiro atoms. The molecule has 0 amide bonds. The number of hydrogen-bond donors (Lipinski definition) is 2. The van der Waals surface area contributed by atoms with E-state index < -0.39 is 11.9 Å². The summed E-state index contributed by atoms with van der Waals surface area (Å²) in [7, 11) is 0. The van der Waals surface area contributed by atoms with Gasteiger partial charge in [-0.2, -0.15) is 0 Å². The van der Waals surface area contributed by atoms with E-state index in [1.54, 1.807) is 0 Å². The van der Waals surface area contributed by atoms with Gasteiger partial charge in [0.2, 0.25) is 0 Å². The molecule has 0 aromatic carbocycles. The molecule has 2 heterocycles. The smallest absolute Gasteiger partial charge is 0.141 e.